The molecule has 6 nitrogen and oxygen atoms in total. The van der Waals surface area contributed by atoms with Gasteiger partial charge >= 0.3 is 0 Å². The summed E-state index contributed by atoms with van der Waals surface area (Å²) in [6.45, 7) is 15.5. The first-order valence-corrected chi connectivity index (χ1v) is 18.5. The van der Waals surface area contributed by atoms with Gasteiger partial charge in [-0.05, 0) is 72.0 Å². The molecule has 1 aliphatic heterocycles. The van der Waals surface area contributed by atoms with Gasteiger partial charge in [-0.15, -0.1) is 0 Å². The van der Waals surface area contributed by atoms with Crippen molar-refractivity contribution in [2.24, 2.45) is 14.1 Å². The van der Waals surface area contributed by atoms with Crippen molar-refractivity contribution in [2.45, 2.75) is 51.4 Å². The van der Waals surface area contributed by atoms with Gasteiger partial charge in [-0.2, -0.15) is 0 Å². The van der Waals surface area contributed by atoms with E-state index in [2.05, 4.69) is 171 Å². The van der Waals surface area contributed by atoms with Gasteiger partial charge < -0.3 is 29.6 Å². The number of aromatic nitrogens is 2. The predicted molar refractivity (Wildman–Crippen MR) is 222 cm³/mol. The van der Waals surface area contributed by atoms with E-state index in [-0.39, 0.29) is 18.6 Å². The Balaban J connectivity index is 1.23. The summed E-state index contributed by atoms with van der Waals surface area (Å²) in [5.41, 5.74) is 11.3. The number of nitrogens with one attached hydrogen (secondary N) is 1. The van der Waals surface area contributed by atoms with Gasteiger partial charge in [0.25, 0.3) is 0 Å². The number of para-hydroxylation sites is 2. The summed E-state index contributed by atoms with van der Waals surface area (Å²) in [6.07, 6.45) is 12.1. The third kappa shape index (κ3) is 5.65. The Morgan fingerprint density at radius 3 is 2.06 bits per heavy atom. The Morgan fingerprint density at radius 1 is 0.769 bits per heavy atom. The average molecular weight is 693 g/mol. The number of benzene rings is 4. The van der Waals surface area contributed by atoms with Crippen LogP contribution in [0.3, 0.4) is 0 Å². The zero-order valence-electron chi connectivity index (χ0n) is 31.5. The van der Waals surface area contributed by atoms with Gasteiger partial charge in [-0.1, -0.05) is 95.0 Å². The molecule has 0 radical (unpaired) electrons. The molecule has 0 amide bonds. The van der Waals surface area contributed by atoms with Crippen molar-refractivity contribution in [1.82, 2.24) is 9.13 Å². The zero-order chi connectivity index (χ0) is 36.8. The molecule has 3 heterocycles. The fourth-order valence-corrected chi connectivity index (χ4v) is 8.56. The molecule has 6 aromatic rings. The van der Waals surface area contributed by atoms with Crippen molar-refractivity contribution in [3.05, 3.63) is 132 Å². The molecule has 0 saturated heterocycles. The van der Waals surface area contributed by atoms with Gasteiger partial charge in [0.05, 0.1) is 0 Å². The van der Waals surface area contributed by atoms with Crippen LogP contribution in [-0.2, 0) is 24.9 Å². The van der Waals surface area contributed by atoms with E-state index < -0.39 is 5.41 Å². The number of aliphatic hydroxyl groups is 2. The molecule has 4 aromatic carbocycles. The highest BCUT2D eigenvalue weighted by molar-refractivity contribution is 6.13. The molecule has 0 unspecified atom stereocenters. The molecule has 1 aliphatic rings. The Hall–Kier alpha value is -5.04. The van der Waals surface area contributed by atoms with Crippen molar-refractivity contribution in [3.8, 4) is 0 Å². The van der Waals surface area contributed by atoms with Gasteiger partial charge in [0.1, 0.15) is 0 Å². The maximum Gasteiger partial charge on any atom is 0.0493 e. The van der Waals surface area contributed by atoms with Gasteiger partial charge in [0, 0.05) is 112 Å². The molecule has 0 aliphatic carbocycles. The minimum Gasteiger partial charge on any atom is -0.396 e. The fraction of sp³-hybridized carbons (Fsp3) is 0.304. The van der Waals surface area contributed by atoms with Crippen molar-refractivity contribution in [2.75, 3.05) is 36.5 Å². The molecule has 6 heteroatoms. The number of anilines is 2. The lowest BCUT2D eigenvalue weighted by Crippen LogP contribution is -2.27. The number of aliphatic hydroxyl groups excluding tert-OH is 2. The summed E-state index contributed by atoms with van der Waals surface area (Å²) in [6, 6.07) is 26.1. The second-order valence-electron chi connectivity index (χ2n) is 15.2. The monoisotopic (exact) mass is 692 g/mol. The van der Waals surface area contributed by atoms with Gasteiger partial charge in [0.2, 0.25) is 0 Å². The van der Waals surface area contributed by atoms with E-state index >= 15 is 0 Å². The van der Waals surface area contributed by atoms with Crippen molar-refractivity contribution in [1.29, 1.82) is 0 Å². The molecule has 0 atom stereocenters. The smallest absolute Gasteiger partial charge is 0.0493 e. The van der Waals surface area contributed by atoms with E-state index in [0.29, 0.717) is 19.4 Å². The van der Waals surface area contributed by atoms with Gasteiger partial charge in [0.15, 0.2) is 0 Å². The van der Waals surface area contributed by atoms with E-state index in [9.17, 15) is 10.2 Å². The summed E-state index contributed by atoms with van der Waals surface area (Å²) in [4.78, 5) is 2.40. The Morgan fingerprint density at radius 2 is 1.38 bits per heavy atom. The van der Waals surface area contributed by atoms with Crippen LogP contribution in [-0.4, -0.2) is 45.7 Å². The largest absolute Gasteiger partial charge is 0.396 e. The number of hydrogen-bond acceptors (Lipinski definition) is 4. The summed E-state index contributed by atoms with van der Waals surface area (Å²) >= 11 is 0. The minimum absolute atomic E-state index is 0.149. The molecule has 0 spiro atoms. The fourth-order valence-electron chi connectivity index (χ4n) is 8.56. The average Bonchev–Trinajstić information content (AvgIpc) is 3.68. The van der Waals surface area contributed by atoms with Gasteiger partial charge in [-0.25, -0.2) is 0 Å². The molecule has 3 N–H and O–H groups in total. The second kappa shape index (κ2) is 13.8. The van der Waals surface area contributed by atoms with Crippen LogP contribution in [0.1, 0.15) is 51.7 Å². The third-order valence-corrected chi connectivity index (χ3v) is 11.4. The Bertz CT molecular complexity index is 2420. The number of hydrogen-bond donors (Lipinski definition) is 3. The van der Waals surface area contributed by atoms with Crippen molar-refractivity contribution >= 4 is 55.0 Å². The maximum absolute atomic E-state index is 9.84. The highest BCUT2D eigenvalue weighted by Gasteiger charge is 2.42. The molecule has 2 aromatic heterocycles. The van der Waals surface area contributed by atoms with Crippen LogP contribution < -0.4 is 10.2 Å². The number of nitrogens with zero attached hydrogens (tertiary/aromatic N) is 3. The van der Waals surface area contributed by atoms with E-state index in [4.69, 9.17) is 0 Å². The van der Waals surface area contributed by atoms with E-state index in [1.807, 2.05) is 0 Å². The maximum atomic E-state index is 9.84. The third-order valence-electron chi connectivity index (χ3n) is 11.4. The SMILES string of the molecule is C=C(/C=C/C=C/C=C1/N(CCCO)c2ccc3c(c2C1(C)C)c1ccccc1n3C)C(C)(C)c1c(NCCCO)ccc2c1c1ccccc1n2C. The summed E-state index contributed by atoms with van der Waals surface area (Å²) in [5.74, 6) is 0. The van der Waals surface area contributed by atoms with Crippen molar-refractivity contribution in [3.63, 3.8) is 0 Å². The standard InChI is InChI=1S/C46H52N4O2/c1-31(45(2,3)43-34(47-27-15-29-51)23-24-37-41(43)32-18-11-13-20-35(32)48(37)6)17-9-8-10-22-40-46(4,5)44-39(50(40)28-16-30-52)26-25-38-42(44)33-19-12-14-21-36(33)49(38)7/h8-14,17-26,47,51-52H,1,15-16,27-30H2,2-7H3/b10-8+,17-9+,40-22+. The molecule has 7 rings (SSSR count). The molecule has 0 saturated carbocycles. The van der Waals surface area contributed by atoms with Crippen LogP contribution in [0.5, 0.6) is 0 Å². The van der Waals surface area contributed by atoms with Crippen LogP contribution in [0.2, 0.25) is 0 Å². The normalized spacial score (nSPS) is 15.5. The van der Waals surface area contributed by atoms with Crippen LogP contribution >= 0.6 is 0 Å². The first-order chi connectivity index (χ1) is 25.0. The minimum atomic E-state index is -0.395. The molecule has 52 heavy (non-hydrogen) atoms. The molecule has 268 valence electrons. The number of aryl methyl sites for hydroxylation is 2. The first-order valence-electron chi connectivity index (χ1n) is 18.5. The lowest BCUT2D eigenvalue weighted by Gasteiger charge is -2.30. The van der Waals surface area contributed by atoms with Gasteiger partial charge in [-0.3, -0.25) is 0 Å². The summed E-state index contributed by atoms with van der Waals surface area (Å²) in [7, 11) is 4.29. The second-order valence-corrected chi connectivity index (χ2v) is 15.2. The Kier molecular flexibility index (Phi) is 9.41. The lowest BCUT2D eigenvalue weighted by molar-refractivity contribution is 0.290. The van der Waals surface area contributed by atoms with Crippen LogP contribution in [0.15, 0.2) is 121 Å². The van der Waals surface area contributed by atoms with Crippen molar-refractivity contribution < 1.29 is 10.2 Å². The topological polar surface area (TPSA) is 65.6 Å². The highest BCUT2D eigenvalue weighted by Crippen LogP contribution is 2.52. The highest BCUT2D eigenvalue weighted by atomic mass is 16.3. The first kappa shape index (κ1) is 35.4. The van der Waals surface area contributed by atoms with Crippen LogP contribution in [0, 0.1) is 0 Å². The van der Waals surface area contributed by atoms with E-state index in [1.54, 1.807) is 0 Å². The lowest BCUT2D eigenvalue weighted by atomic mass is 9.75. The van der Waals surface area contributed by atoms with Crippen LogP contribution in [0.25, 0.3) is 43.6 Å². The van der Waals surface area contributed by atoms with E-state index in [1.165, 1.54) is 66.1 Å². The number of allylic oxidation sites excluding steroid dienone is 7. The quantitative estimate of drug-likeness (QED) is 0.0883. The molecular formula is C46H52N4O2. The van der Waals surface area contributed by atoms with E-state index in [0.717, 1.165) is 17.8 Å². The zero-order valence-corrected chi connectivity index (χ0v) is 31.5. The number of fused-ring (bicyclic) bond motifs is 8. The summed E-state index contributed by atoms with van der Waals surface area (Å²) < 4.78 is 4.57. The molecule has 0 bridgehead atoms. The molecule has 0 fully saturated rings. The Labute approximate surface area is 307 Å². The number of rotatable bonds is 12. The van der Waals surface area contributed by atoms with Crippen LogP contribution in [0.4, 0.5) is 11.4 Å². The predicted octanol–water partition coefficient (Wildman–Crippen LogP) is 9.78. The molecular weight excluding hydrogens is 641 g/mol. The summed E-state index contributed by atoms with van der Waals surface area (Å²) in [5, 5.41) is 28.0.